The Bertz CT molecular complexity index is 392. The van der Waals surface area contributed by atoms with Gasteiger partial charge in [0.2, 0.25) is 0 Å². The molecule has 0 amide bonds. The maximum absolute atomic E-state index is 9.82. The van der Waals surface area contributed by atoms with Gasteiger partial charge in [0.05, 0.1) is 5.60 Å². The fourth-order valence-corrected chi connectivity index (χ4v) is 2.46. The maximum atomic E-state index is 9.82. The standard InChI is InChI=1S/C15H23NO/c1-15(2,17)9-7-12-5-4-6-13-8-10-16(3)11-14(12)13/h4-6,17H,7-11H2,1-3H3. The van der Waals surface area contributed by atoms with E-state index in [1.807, 2.05) is 13.8 Å². The Kier molecular flexibility index (Phi) is 3.55. The molecule has 17 heavy (non-hydrogen) atoms. The van der Waals surface area contributed by atoms with Crippen molar-refractivity contribution in [3.63, 3.8) is 0 Å². The summed E-state index contributed by atoms with van der Waals surface area (Å²) >= 11 is 0. The van der Waals surface area contributed by atoms with E-state index in [2.05, 4.69) is 30.1 Å². The molecule has 0 unspecified atom stereocenters. The quantitative estimate of drug-likeness (QED) is 0.866. The van der Waals surface area contributed by atoms with Crippen LogP contribution in [0.3, 0.4) is 0 Å². The molecule has 1 aliphatic heterocycles. The van der Waals surface area contributed by atoms with Crippen molar-refractivity contribution in [1.82, 2.24) is 4.90 Å². The summed E-state index contributed by atoms with van der Waals surface area (Å²) < 4.78 is 0. The lowest BCUT2D eigenvalue weighted by Crippen LogP contribution is -2.28. The lowest BCUT2D eigenvalue weighted by atomic mass is 9.90. The van der Waals surface area contributed by atoms with Gasteiger partial charge in [-0.2, -0.15) is 0 Å². The third kappa shape index (κ3) is 3.30. The molecule has 1 aromatic carbocycles. The highest BCUT2D eigenvalue weighted by molar-refractivity contribution is 5.37. The minimum Gasteiger partial charge on any atom is -0.390 e. The van der Waals surface area contributed by atoms with E-state index < -0.39 is 5.60 Å². The van der Waals surface area contributed by atoms with Gasteiger partial charge in [-0.1, -0.05) is 18.2 Å². The zero-order valence-electron chi connectivity index (χ0n) is 11.2. The molecular weight excluding hydrogens is 210 g/mol. The van der Waals surface area contributed by atoms with Crippen LogP contribution < -0.4 is 0 Å². The van der Waals surface area contributed by atoms with E-state index in [9.17, 15) is 5.11 Å². The number of hydrogen-bond donors (Lipinski definition) is 1. The molecule has 2 nitrogen and oxygen atoms in total. The molecule has 0 radical (unpaired) electrons. The molecular formula is C15H23NO. The number of fused-ring (bicyclic) bond motifs is 1. The van der Waals surface area contributed by atoms with E-state index in [0.29, 0.717) is 0 Å². The summed E-state index contributed by atoms with van der Waals surface area (Å²) in [6, 6.07) is 6.61. The first-order chi connectivity index (χ1) is 7.96. The first kappa shape index (κ1) is 12.6. The second-order valence-electron chi connectivity index (χ2n) is 5.86. The third-order valence-corrected chi connectivity index (χ3v) is 3.57. The number of likely N-dealkylation sites (N-methyl/N-ethyl adjacent to an activating group) is 1. The SMILES string of the molecule is CN1CCc2cccc(CCC(C)(C)O)c2C1. The maximum Gasteiger partial charge on any atom is 0.0594 e. The fourth-order valence-electron chi connectivity index (χ4n) is 2.46. The van der Waals surface area contributed by atoms with E-state index in [-0.39, 0.29) is 0 Å². The fraction of sp³-hybridized carbons (Fsp3) is 0.600. The zero-order chi connectivity index (χ0) is 12.5. The normalized spacial score (nSPS) is 16.9. The average molecular weight is 233 g/mol. The van der Waals surface area contributed by atoms with Crippen LogP contribution in [0.1, 0.15) is 37.0 Å². The molecule has 0 saturated heterocycles. The lowest BCUT2D eigenvalue weighted by Gasteiger charge is -2.27. The summed E-state index contributed by atoms with van der Waals surface area (Å²) in [7, 11) is 2.18. The van der Waals surface area contributed by atoms with Gasteiger partial charge in [0, 0.05) is 13.1 Å². The van der Waals surface area contributed by atoms with Gasteiger partial charge in [0.15, 0.2) is 0 Å². The van der Waals surface area contributed by atoms with E-state index in [1.54, 1.807) is 0 Å². The molecule has 0 aromatic heterocycles. The Morgan fingerprint density at radius 1 is 1.35 bits per heavy atom. The number of hydrogen-bond acceptors (Lipinski definition) is 2. The van der Waals surface area contributed by atoms with Crippen molar-refractivity contribution in [1.29, 1.82) is 0 Å². The molecule has 0 aliphatic carbocycles. The Morgan fingerprint density at radius 3 is 2.82 bits per heavy atom. The number of benzene rings is 1. The molecule has 2 rings (SSSR count). The van der Waals surface area contributed by atoms with Crippen molar-refractivity contribution in [2.45, 2.75) is 45.3 Å². The highest BCUT2D eigenvalue weighted by atomic mass is 16.3. The van der Waals surface area contributed by atoms with Crippen LogP contribution in [0.2, 0.25) is 0 Å². The highest BCUT2D eigenvalue weighted by Crippen LogP contribution is 2.24. The van der Waals surface area contributed by atoms with Crippen molar-refractivity contribution < 1.29 is 5.11 Å². The van der Waals surface area contributed by atoms with Crippen molar-refractivity contribution in [3.8, 4) is 0 Å². The third-order valence-electron chi connectivity index (χ3n) is 3.57. The smallest absolute Gasteiger partial charge is 0.0594 e. The first-order valence-corrected chi connectivity index (χ1v) is 6.46. The Labute approximate surface area is 104 Å². The van der Waals surface area contributed by atoms with Gasteiger partial charge in [-0.25, -0.2) is 0 Å². The van der Waals surface area contributed by atoms with Crippen molar-refractivity contribution >= 4 is 0 Å². The number of nitrogens with zero attached hydrogens (tertiary/aromatic N) is 1. The van der Waals surface area contributed by atoms with Crippen LogP contribution in [0, 0.1) is 0 Å². The van der Waals surface area contributed by atoms with Gasteiger partial charge in [-0.15, -0.1) is 0 Å². The molecule has 0 saturated carbocycles. The summed E-state index contributed by atoms with van der Waals surface area (Å²) in [6.07, 6.45) is 2.95. The van der Waals surface area contributed by atoms with Crippen LogP contribution in [-0.2, 0) is 19.4 Å². The second kappa shape index (κ2) is 4.79. The van der Waals surface area contributed by atoms with Crippen LogP contribution >= 0.6 is 0 Å². The van der Waals surface area contributed by atoms with E-state index in [0.717, 1.165) is 32.4 Å². The molecule has 1 aliphatic rings. The number of aryl methyl sites for hydroxylation is 1. The Hall–Kier alpha value is -0.860. The lowest BCUT2D eigenvalue weighted by molar-refractivity contribution is 0.0713. The van der Waals surface area contributed by atoms with E-state index in [4.69, 9.17) is 0 Å². The Morgan fingerprint density at radius 2 is 2.12 bits per heavy atom. The molecule has 2 heteroatoms. The van der Waals surface area contributed by atoms with Crippen LogP contribution in [0.5, 0.6) is 0 Å². The topological polar surface area (TPSA) is 23.5 Å². The van der Waals surface area contributed by atoms with Gasteiger partial charge in [0.1, 0.15) is 0 Å². The van der Waals surface area contributed by atoms with Gasteiger partial charge >= 0.3 is 0 Å². The van der Waals surface area contributed by atoms with Gasteiger partial charge < -0.3 is 10.0 Å². The van der Waals surface area contributed by atoms with Gasteiger partial charge in [-0.3, -0.25) is 0 Å². The van der Waals surface area contributed by atoms with Crippen LogP contribution in [0.25, 0.3) is 0 Å². The first-order valence-electron chi connectivity index (χ1n) is 6.46. The number of aliphatic hydroxyl groups is 1. The predicted molar refractivity (Wildman–Crippen MR) is 71.1 cm³/mol. The van der Waals surface area contributed by atoms with Gasteiger partial charge in [-0.05, 0) is 56.8 Å². The van der Waals surface area contributed by atoms with E-state index >= 15 is 0 Å². The summed E-state index contributed by atoms with van der Waals surface area (Å²) in [4.78, 5) is 2.37. The minimum absolute atomic E-state index is 0.566. The summed E-state index contributed by atoms with van der Waals surface area (Å²) in [5.74, 6) is 0. The van der Waals surface area contributed by atoms with Crippen molar-refractivity contribution in [3.05, 3.63) is 34.9 Å². The molecule has 1 aromatic rings. The minimum atomic E-state index is -0.566. The van der Waals surface area contributed by atoms with Crippen molar-refractivity contribution in [2.75, 3.05) is 13.6 Å². The molecule has 0 fully saturated rings. The molecule has 0 atom stereocenters. The van der Waals surface area contributed by atoms with Crippen LogP contribution in [-0.4, -0.2) is 29.2 Å². The zero-order valence-corrected chi connectivity index (χ0v) is 11.2. The Balaban J connectivity index is 2.17. The van der Waals surface area contributed by atoms with Crippen LogP contribution in [0.4, 0.5) is 0 Å². The molecule has 1 heterocycles. The predicted octanol–water partition coefficient (Wildman–Crippen LogP) is 2.38. The molecule has 0 spiro atoms. The summed E-state index contributed by atoms with van der Waals surface area (Å²) in [5.41, 5.74) is 3.83. The highest BCUT2D eigenvalue weighted by Gasteiger charge is 2.18. The molecule has 1 N–H and O–H groups in total. The molecule has 0 bridgehead atoms. The second-order valence-corrected chi connectivity index (χ2v) is 5.86. The van der Waals surface area contributed by atoms with E-state index in [1.165, 1.54) is 16.7 Å². The van der Waals surface area contributed by atoms with Crippen LogP contribution in [0.15, 0.2) is 18.2 Å². The largest absolute Gasteiger partial charge is 0.390 e. The average Bonchev–Trinajstić information content (AvgIpc) is 2.25. The van der Waals surface area contributed by atoms with Gasteiger partial charge in [0.25, 0.3) is 0 Å². The number of rotatable bonds is 3. The molecule has 94 valence electrons. The monoisotopic (exact) mass is 233 g/mol. The summed E-state index contributed by atoms with van der Waals surface area (Å²) in [5, 5.41) is 9.82. The van der Waals surface area contributed by atoms with Crippen molar-refractivity contribution in [2.24, 2.45) is 0 Å². The summed E-state index contributed by atoms with van der Waals surface area (Å²) in [6.45, 7) is 5.97.